The highest BCUT2D eigenvalue weighted by Gasteiger charge is 2.11. The largest absolute Gasteiger partial charge is 0.489 e. The van der Waals surface area contributed by atoms with E-state index in [2.05, 4.69) is 29.2 Å². The maximum Gasteiger partial charge on any atom is 0.251 e. The minimum Gasteiger partial charge on any atom is -0.489 e. The van der Waals surface area contributed by atoms with Crippen LogP contribution in [0.2, 0.25) is 0 Å². The SMILES string of the molecule is CCN(CC)CCNC(=O)c1cccc(OCc2c(C)noc2C)c1. The zero-order chi connectivity index (χ0) is 18.2. The minimum atomic E-state index is -0.0880. The van der Waals surface area contributed by atoms with E-state index in [9.17, 15) is 4.79 Å². The molecule has 1 aromatic heterocycles. The van der Waals surface area contributed by atoms with E-state index in [1.807, 2.05) is 26.0 Å². The summed E-state index contributed by atoms with van der Waals surface area (Å²) in [5, 5.41) is 6.87. The quantitative estimate of drug-likeness (QED) is 0.757. The van der Waals surface area contributed by atoms with Gasteiger partial charge < -0.3 is 19.5 Å². The first-order valence-electron chi connectivity index (χ1n) is 8.70. The summed E-state index contributed by atoms with van der Waals surface area (Å²) in [7, 11) is 0. The molecule has 6 nitrogen and oxygen atoms in total. The lowest BCUT2D eigenvalue weighted by Gasteiger charge is -2.18. The second kappa shape index (κ2) is 9.22. The molecule has 1 amide bonds. The van der Waals surface area contributed by atoms with Gasteiger partial charge in [-0.2, -0.15) is 0 Å². The molecule has 0 spiro atoms. The molecule has 1 aromatic carbocycles. The molecule has 25 heavy (non-hydrogen) atoms. The van der Waals surface area contributed by atoms with Gasteiger partial charge in [0, 0.05) is 18.7 Å². The van der Waals surface area contributed by atoms with Crippen molar-refractivity contribution in [1.82, 2.24) is 15.4 Å². The third-order valence-electron chi connectivity index (χ3n) is 4.27. The minimum absolute atomic E-state index is 0.0880. The predicted molar refractivity (Wildman–Crippen MR) is 96.9 cm³/mol. The van der Waals surface area contributed by atoms with E-state index < -0.39 is 0 Å². The highest BCUT2D eigenvalue weighted by molar-refractivity contribution is 5.94. The Hall–Kier alpha value is -2.34. The number of rotatable bonds is 9. The van der Waals surface area contributed by atoms with Crippen molar-refractivity contribution in [3.8, 4) is 5.75 Å². The Morgan fingerprint density at radius 1 is 1.28 bits per heavy atom. The highest BCUT2D eigenvalue weighted by atomic mass is 16.5. The molecular formula is C19H27N3O3. The first-order valence-corrected chi connectivity index (χ1v) is 8.70. The Balaban J connectivity index is 1.90. The molecule has 0 bridgehead atoms. The first kappa shape index (κ1) is 19.0. The van der Waals surface area contributed by atoms with Crippen LogP contribution in [0.25, 0.3) is 0 Å². The zero-order valence-corrected chi connectivity index (χ0v) is 15.5. The van der Waals surface area contributed by atoms with Gasteiger partial charge in [0.05, 0.1) is 11.3 Å². The Morgan fingerprint density at radius 2 is 2.04 bits per heavy atom. The number of likely N-dealkylation sites (N-methyl/N-ethyl adjacent to an activating group) is 1. The van der Waals surface area contributed by atoms with Crippen molar-refractivity contribution < 1.29 is 14.1 Å². The average molecular weight is 345 g/mol. The molecule has 0 saturated carbocycles. The van der Waals surface area contributed by atoms with Gasteiger partial charge in [-0.15, -0.1) is 0 Å². The van der Waals surface area contributed by atoms with Gasteiger partial charge in [-0.25, -0.2) is 0 Å². The van der Waals surface area contributed by atoms with Crippen LogP contribution in [-0.2, 0) is 6.61 Å². The van der Waals surface area contributed by atoms with Gasteiger partial charge in [0.2, 0.25) is 0 Å². The zero-order valence-electron chi connectivity index (χ0n) is 15.5. The van der Waals surface area contributed by atoms with E-state index >= 15 is 0 Å². The van der Waals surface area contributed by atoms with Crippen LogP contribution in [-0.4, -0.2) is 42.1 Å². The molecule has 0 saturated heterocycles. The Labute approximate surface area is 149 Å². The van der Waals surface area contributed by atoms with Crippen LogP contribution in [0, 0.1) is 13.8 Å². The molecule has 0 radical (unpaired) electrons. The van der Waals surface area contributed by atoms with E-state index in [-0.39, 0.29) is 5.91 Å². The van der Waals surface area contributed by atoms with Crippen molar-refractivity contribution in [3.05, 3.63) is 46.8 Å². The van der Waals surface area contributed by atoms with Crippen molar-refractivity contribution in [2.24, 2.45) is 0 Å². The van der Waals surface area contributed by atoms with Gasteiger partial charge in [-0.05, 0) is 45.1 Å². The fourth-order valence-electron chi connectivity index (χ4n) is 2.56. The summed E-state index contributed by atoms with van der Waals surface area (Å²) >= 11 is 0. The Kier molecular flexibility index (Phi) is 7.01. The number of nitrogens with one attached hydrogen (secondary N) is 1. The summed E-state index contributed by atoms with van der Waals surface area (Å²) < 4.78 is 10.9. The van der Waals surface area contributed by atoms with Crippen LogP contribution >= 0.6 is 0 Å². The Bertz CT molecular complexity index is 673. The number of nitrogens with zero attached hydrogens (tertiary/aromatic N) is 2. The number of aryl methyl sites for hydroxylation is 2. The van der Waals surface area contributed by atoms with Crippen molar-refractivity contribution in [1.29, 1.82) is 0 Å². The molecular weight excluding hydrogens is 318 g/mol. The monoisotopic (exact) mass is 345 g/mol. The molecule has 6 heteroatoms. The number of carbonyl (C=O) groups excluding carboxylic acids is 1. The number of hydrogen-bond acceptors (Lipinski definition) is 5. The lowest BCUT2D eigenvalue weighted by Crippen LogP contribution is -2.34. The average Bonchev–Trinajstić information content (AvgIpc) is 2.95. The summed E-state index contributed by atoms with van der Waals surface area (Å²) in [6.07, 6.45) is 0. The molecule has 1 N–H and O–H groups in total. The van der Waals surface area contributed by atoms with Crippen LogP contribution in [0.15, 0.2) is 28.8 Å². The fraction of sp³-hybridized carbons (Fsp3) is 0.474. The van der Waals surface area contributed by atoms with Gasteiger partial charge in [0.15, 0.2) is 0 Å². The summed E-state index contributed by atoms with van der Waals surface area (Å²) in [5.74, 6) is 1.31. The van der Waals surface area contributed by atoms with Crippen molar-refractivity contribution in [2.75, 3.05) is 26.2 Å². The van der Waals surface area contributed by atoms with Crippen molar-refractivity contribution in [2.45, 2.75) is 34.3 Å². The second-order valence-corrected chi connectivity index (χ2v) is 5.90. The standard InChI is InChI=1S/C19H27N3O3/c1-5-22(6-2)11-10-20-19(23)16-8-7-9-17(12-16)24-13-18-14(3)21-25-15(18)4/h7-9,12H,5-6,10-11,13H2,1-4H3,(H,20,23). The van der Waals surface area contributed by atoms with E-state index in [1.54, 1.807) is 12.1 Å². The predicted octanol–water partition coefficient (Wildman–Crippen LogP) is 2.94. The molecule has 2 aromatic rings. The smallest absolute Gasteiger partial charge is 0.251 e. The summed E-state index contributed by atoms with van der Waals surface area (Å²) in [5.41, 5.74) is 2.35. The maximum absolute atomic E-state index is 12.3. The molecule has 0 aliphatic heterocycles. The summed E-state index contributed by atoms with van der Waals surface area (Å²) in [6, 6.07) is 7.20. The lowest BCUT2D eigenvalue weighted by atomic mass is 10.2. The highest BCUT2D eigenvalue weighted by Crippen LogP contribution is 2.18. The third-order valence-corrected chi connectivity index (χ3v) is 4.27. The number of aromatic nitrogens is 1. The molecule has 0 unspecified atom stereocenters. The van der Waals surface area contributed by atoms with Gasteiger partial charge >= 0.3 is 0 Å². The molecule has 136 valence electrons. The van der Waals surface area contributed by atoms with Crippen molar-refractivity contribution >= 4 is 5.91 Å². The van der Waals surface area contributed by atoms with Gasteiger partial charge in [0.25, 0.3) is 5.91 Å². The topological polar surface area (TPSA) is 67.6 Å². The molecule has 1 heterocycles. The molecule has 0 fully saturated rings. The maximum atomic E-state index is 12.3. The Morgan fingerprint density at radius 3 is 2.68 bits per heavy atom. The first-order chi connectivity index (χ1) is 12.0. The number of ether oxygens (including phenoxy) is 1. The molecule has 0 aliphatic rings. The van der Waals surface area contributed by atoms with Gasteiger partial charge in [-0.3, -0.25) is 4.79 Å². The third kappa shape index (κ3) is 5.32. The summed E-state index contributed by atoms with van der Waals surface area (Å²) in [4.78, 5) is 14.6. The van der Waals surface area contributed by atoms with Crippen LogP contribution < -0.4 is 10.1 Å². The second-order valence-electron chi connectivity index (χ2n) is 5.90. The van der Waals surface area contributed by atoms with Gasteiger partial charge in [-0.1, -0.05) is 25.1 Å². The van der Waals surface area contributed by atoms with Crippen LogP contribution in [0.1, 0.15) is 41.2 Å². The van der Waals surface area contributed by atoms with Crippen LogP contribution in [0.5, 0.6) is 5.75 Å². The number of carbonyl (C=O) groups is 1. The van der Waals surface area contributed by atoms with E-state index in [1.165, 1.54) is 0 Å². The molecule has 2 rings (SSSR count). The van der Waals surface area contributed by atoms with E-state index in [0.717, 1.165) is 36.7 Å². The number of amides is 1. The molecule has 0 atom stereocenters. The lowest BCUT2D eigenvalue weighted by molar-refractivity contribution is 0.0948. The van der Waals surface area contributed by atoms with Crippen LogP contribution in [0.3, 0.4) is 0 Å². The normalized spacial score (nSPS) is 10.9. The summed E-state index contributed by atoms with van der Waals surface area (Å²) in [6.45, 7) is 11.8. The van der Waals surface area contributed by atoms with Gasteiger partial charge in [0.1, 0.15) is 18.1 Å². The fourth-order valence-corrected chi connectivity index (χ4v) is 2.56. The molecule has 0 aliphatic carbocycles. The van der Waals surface area contributed by atoms with Crippen LogP contribution in [0.4, 0.5) is 0 Å². The van der Waals surface area contributed by atoms with E-state index in [0.29, 0.717) is 24.5 Å². The number of benzene rings is 1. The number of hydrogen-bond donors (Lipinski definition) is 1. The van der Waals surface area contributed by atoms with Crippen molar-refractivity contribution in [3.63, 3.8) is 0 Å². The van der Waals surface area contributed by atoms with E-state index in [4.69, 9.17) is 9.26 Å².